The number of hydrogen-bond donors (Lipinski definition) is 1. The van der Waals surface area contributed by atoms with Gasteiger partial charge in [-0.15, -0.1) is 0 Å². The van der Waals surface area contributed by atoms with E-state index in [2.05, 4.69) is 4.98 Å². The van der Waals surface area contributed by atoms with Crippen LogP contribution in [-0.2, 0) is 0 Å². The van der Waals surface area contributed by atoms with Crippen LogP contribution < -0.4 is 9.47 Å². The van der Waals surface area contributed by atoms with Gasteiger partial charge < -0.3 is 14.6 Å². The van der Waals surface area contributed by atoms with Crippen molar-refractivity contribution in [3.05, 3.63) is 53.3 Å². The Morgan fingerprint density at radius 1 is 1.11 bits per heavy atom. The van der Waals surface area contributed by atoms with Gasteiger partial charge in [0.15, 0.2) is 0 Å². The van der Waals surface area contributed by atoms with Gasteiger partial charge in [-0.2, -0.15) is 0 Å². The predicted octanol–water partition coefficient (Wildman–Crippen LogP) is 2.49. The molecule has 0 radical (unpaired) electrons. The highest BCUT2D eigenvalue weighted by Gasteiger charge is 2.16. The molecule has 1 unspecified atom stereocenters. The Kier molecular flexibility index (Phi) is 4.02. The highest BCUT2D eigenvalue weighted by molar-refractivity contribution is 5.44. The second-order valence-electron chi connectivity index (χ2n) is 4.24. The van der Waals surface area contributed by atoms with Gasteiger partial charge in [0.2, 0.25) is 0 Å². The average Bonchev–Trinajstić information content (AvgIpc) is 2.46. The molecule has 0 aliphatic heterocycles. The van der Waals surface area contributed by atoms with E-state index in [-0.39, 0.29) is 0 Å². The smallest absolute Gasteiger partial charge is 0.125 e. The minimum atomic E-state index is -0.793. The second-order valence-corrected chi connectivity index (χ2v) is 4.24. The van der Waals surface area contributed by atoms with Crippen LogP contribution in [0.5, 0.6) is 11.5 Å². The van der Waals surface area contributed by atoms with E-state index in [1.807, 2.05) is 19.1 Å². The summed E-state index contributed by atoms with van der Waals surface area (Å²) in [5, 5.41) is 10.4. The van der Waals surface area contributed by atoms with Gasteiger partial charge in [0, 0.05) is 23.0 Å². The lowest BCUT2D eigenvalue weighted by Crippen LogP contribution is -2.03. The molecule has 100 valence electrons. The van der Waals surface area contributed by atoms with Gasteiger partial charge in [0.25, 0.3) is 0 Å². The van der Waals surface area contributed by atoms with Crippen LogP contribution in [-0.4, -0.2) is 24.3 Å². The van der Waals surface area contributed by atoms with Crippen molar-refractivity contribution in [2.75, 3.05) is 14.2 Å². The third-order valence-corrected chi connectivity index (χ3v) is 2.98. The van der Waals surface area contributed by atoms with Crippen molar-refractivity contribution in [2.45, 2.75) is 13.0 Å². The highest BCUT2D eigenvalue weighted by atomic mass is 16.5. The van der Waals surface area contributed by atoms with E-state index in [4.69, 9.17) is 9.47 Å². The van der Waals surface area contributed by atoms with Crippen molar-refractivity contribution in [3.63, 3.8) is 0 Å². The third kappa shape index (κ3) is 2.85. The summed E-state index contributed by atoms with van der Waals surface area (Å²) in [4.78, 5) is 4.19. The van der Waals surface area contributed by atoms with Gasteiger partial charge >= 0.3 is 0 Å². The van der Waals surface area contributed by atoms with Crippen LogP contribution in [0, 0.1) is 6.92 Å². The molecule has 0 aliphatic carbocycles. The molecule has 1 heterocycles. The van der Waals surface area contributed by atoms with Gasteiger partial charge in [-0.05, 0) is 31.2 Å². The molecule has 0 saturated carbocycles. The number of benzene rings is 1. The van der Waals surface area contributed by atoms with Crippen molar-refractivity contribution in [1.29, 1.82) is 0 Å². The Morgan fingerprint density at radius 3 is 2.47 bits per heavy atom. The van der Waals surface area contributed by atoms with Crippen LogP contribution in [0.1, 0.15) is 22.9 Å². The maximum Gasteiger partial charge on any atom is 0.125 e. The monoisotopic (exact) mass is 259 g/mol. The molecule has 0 spiro atoms. The van der Waals surface area contributed by atoms with Crippen LogP contribution in [0.25, 0.3) is 0 Å². The fraction of sp³-hybridized carbons (Fsp3) is 0.267. The molecule has 1 atom stereocenters. The largest absolute Gasteiger partial charge is 0.497 e. The van der Waals surface area contributed by atoms with Crippen LogP contribution in [0.4, 0.5) is 0 Å². The minimum absolute atomic E-state index is 0.619. The molecule has 0 bridgehead atoms. The average molecular weight is 259 g/mol. The summed E-state index contributed by atoms with van der Waals surface area (Å²) >= 11 is 0. The number of methoxy groups -OCH3 is 2. The first kappa shape index (κ1) is 13.4. The van der Waals surface area contributed by atoms with Crippen molar-refractivity contribution < 1.29 is 14.6 Å². The maximum atomic E-state index is 10.4. The number of ether oxygens (including phenoxy) is 2. The zero-order chi connectivity index (χ0) is 13.8. The molecule has 4 heteroatoms. The first-order chi connectivity index (χ1) is 9.15. The summed E-state index contributed by atoms with van der Waals surface area (Å²) in [5.41, 5.74) is 2.29. The van der Waals surface area contributed by atoms with Gasteiger partial charge in [-0.25, -0.2) is 0 Å². The second kappa shape index (κ2) is 5.71. The molecule has 0 saturated heterocycles. The maximum absolute atomic E-state index is 10.4. The lowest BCUT2D eigenvalue weighted by atomic mass is 10.0. The summed E-state index contributed by atoms with van der Waals surface area (Å²) < 4.78 is 10.5. The molecule has 0 aliphatic rings. The molecule has 2 aromatic rings. The molecule has 0 fully saturated rings. The number of aryl methyl sites for hydroxylation is 1. The fourth-order valence-electron chi connectivity index (χ4n) is 1.87. The van der Waals surface area contributed by atoms with Gasteiger partial charge in [-0.1, -0.05) is 6.07 Å². The zero-order valence-electron chi connectivity index (χ0n) is 11.3. The summed E-state index contributed by atoms with van der Waals surface area (Å²) in [6.45, 7) is 1.91. The quantitative estimate of drug-likeness (QED) is 0.916. The fourth-order valence-corrected chi connectivity index (χ4v) is 1.87. The van der Waals surface area contributed by atoms with E-state index in [1.165, 1.54) is 0 Å². The number of aromatic nitrogens is 1. The van der Waals surface area contributed by atoms with E-state index in [0.717, 1.165) is 11.3 Å². The molecule has 19 heavy (non-hydrogen) atoms. The van der Waals surface area contributed by atoms with Crippen LogP contribution in [0.15, 0.2) is 36.5 Å². The first-order valence-electron chi connectivity index (χ1n) is 5.98. The topological polar surface area (TPSA) is 51.6 Å². The lowest BCUT2D eigenvalue weighted by molar-refractivity contribution is 0.213. The van der Waals surface area contributed by atoms with E-state index in [9.17, 15) is 5.11 Å². The van der Waals surface area contributed by atoms with Crippen molar-refractivity contribution in [2.24, 2.45) is 0 Å². The van der Waals surface area contributed by atoms with E-state index in [1.54, 1.807) is 38.6 Å². The van der Waals surface area contributed by atoms with Crippen LogP contribution in [0.3, 0.4) is 0 Å². The Labute approximate surface area is 112 Å². The molecular weight excluding hydrogens is 242 g/mol. The summed E-state index contributed by atoms with van der Waals surface area (Å²) in [5.74, 6) is 1.30. The first-order valence-corrected chi connectivity index (χ1v) is 5.98. The van der Waals surface area contributed by atoms with Crippen molar-refractivity contribution in [1.82, 2.24) is 4.98 Å². The Hall–Kier alpha value is -2.07. The zero-order valence-corrected chi connectivity index (χ0v) is 11.3. The number of nitrogens with zero attached hydrogens (tertiary/aromatic N) is 1. The minimum Gasteiger partial charge on any atom is -0.497 e. The molecule has 1 N–H and O–H groups in total. The van der Waals surface area contributed by atoms with Gasteiger partial charge in [0.05, 0.1) is 14.2 Å². The number of pyridine rings is 1. The van der Waals surface area contributed by atoms with Crippen LogP contribution >= 0.6 is 0 Å². The standard InChI is InChI=1S/C15H17NO3/c1-10-4-5-11(9-16-10)15(17)13-8-12(18-2)6-7-14(13)19-3/h4-9,15,17H,1-3H3. The number of aliphatic hydroxyl groups is 1. The Bertz CT molecular complexity index is 552. The normalized spacial score (nSPS) is 12.0. The van der Waals surface area contributed by atoms with Crippen LogP contribution in [0.2, 0.25) is 0 Å². The lowest BCUT2D eigenvalue weighted by Gasteiger charge is -2.16. The van der Waals surface area contributed by atoms with Crippen molar-refractivity contribution in [3.8, 4) is 11.5 Å². The predicted molar refractivity (Wildman–Crippen MR) is 72.6 cm³/mol. The van der Waals surface area contributed by atoms with E-state index in [0.29, 0.717) is 17.1 Å². The highest BCUT2D eigenvalue weighted by Crippen LogP contribution is 2.32. The summed E-state index contributed by atoms with van der Waals surface area (Å²) in [6.07, 6.45) is 0.872. The molecule has 0 amide bonds. The van der Waals surface area contributed by atoms with Crippen molar-refractivity contribution >= 4 is 0 Å². The van der Waals surface area contributed by atoms with E-state index >= 15 is 0 Å². The van der Waals surface area contributed by atoms with E-state index < -0.39 is 6.10 Å². The SMILES string of the molecule is COc1ccc(OC)c(C(O)c2ccc(C)nc2)c1. The van der Waals surface area contributed by atoms with Gasteiger partial charge in [-0.3, -0.25) is 4.98 Å². The summed E-state index contributed by atoms with van der Waals surface area (Å²) in [6, 6.07) is 9.06. The number of aliphatic hydroxyl groups excluding tert-OH is 1. The molecular formula is C15H17NO3. The molecule has 1 aromatic heterocycles. The number of hydrogen-bond acceptors (Lipinski definition) is 4. The Morgan fingerprint density at radius 2 is 1.89 bits per heavy atom. The molecule has 1 aromatic carbocycles. The Balaban J connectivity index is 2.41. The molecule has 2 rings (SSSR count). The third-order valence-electron chi connectivity index (χ3n) is 2.98. The molecule has 4 nitrogen and oxygen atoms in total. The number of rotatable bonds is 4. The van der Waals surface area contributed by atoms with Gasteiger partial charge in [0.1, 0.15) is 17.6 Å². The summed E-state index contributed by atoms with van der Waals surface area (Å²) in [7, 11) is 3.16.